The minimum absolute atomic E-state index is 0.0419. The summed E-state index contributed by atoms with van der Waals surface area (Å²) in [5, 5.41) is 6.83. The Morgan fingerprint density at radius 3 is 2.65 bits per heavy atom. The monoisotopic (exact) mass is 440 g/mol. The van der Waals surface area contributed by atoms with Gasteiger partial charge in [0, 0.05) is 24.6 Å². The lowest BCUT2D eigenvalue weighted by Gasteiger charge is -2.09. The maximum atomic E-state index is 13.1. The van der Waals surface area contributed by atoms with E-state index >= 15 is 0 Å². The second-order valence-corrected chi connectivity index (χ2v) is 7.16. The van der Waals surface area contributed by atoms with Gasteiger partial charge < -0.3 is 10.1 Å². The normalized spacial score (nSPS) is 13.8. The average Bonchev–Trinajstić information content (AvgIpc) is 3.50. The van der Waals surface area contributed by atoms with E-state index in [1.165, 1.54) is 16.7 Å². The topological polar surface area (TPSA) is 95.2 Å². The molecule has 2 aromatic rings. The van der Waals surface area contributed by atoms with Crippen LogP contribution in [0.25, 0.3) is 11.4 Å². The van der Waals surface area contributed by atoms with Gasteiger partial charge in [0.25, 0.3) is 0 Å². The van der Waals surface area contributed by atoms with Crippen LogP contribution in [0.3, 0.4) is 0 Å². The van der Waals surface area contributed by atoms with E-state index in [0.29, 0.717) is 0 Å². The van der Waals surface area contributed by atoms with Gasteiger partial charge in [0.2, 0.25) is 5.91 Å². The van der Waals surface area contributed by atoms with Crippen molar-refractivity contribution in [1.82, 2.24) is 19.7 Å². The Morgan fingerprint density at radius 1 is 1.26 bits per heavy atom. The fourth-order valence-electron chi connectivity index (χ4n) is 3.10. The van der Waals surface area contributed by atoms with Crippen LogP contribution in [0.5, 0.6) is 0 Å². The maximum absolute atomic E-state index is 13.1. The fraction of sp³-hybridized carbons (Fsp3) is 0.500. The van der Waals surface area contributed by atoms with E-state index in [1.54, 1.807) is 6.92 Å². The summed E-state index contributed by atoms with van der Waals surface area (Å²) in [6.07, 6.45) is -3.09. The Balaban J connectivity index is 1.70. The quantitative estimate of drug-likeness (QED) is 0.605. The zero-order valence-electron chi connectivity index (χ0n) is 16.9. The number of carbonyl (C=O) groups is 2. The Morgan fingerprint density at radius 2 is 2.00 bits per heavy atom. The first-order chi connectivity index (χ1) is 14.7. The van der Waals surface area contributed by atoms with Gasteiger partial charge in [-0.3, -0.25) is 14.2 Å². The highest BCUT2D eigenvalue weighted by Gasteiger charge is 2.33. The van der Waals surface area contributed by atoms with Crippen LogP contribution in [0.15, 0.2) is 29.1 Å². The van der Waals surface area contributed by atoms with Gasteiger partial charge in [-0.25, -0.2) is 9.48 Å². The van der Waals surface area contributed by atoms with Crippen molar-refractivity contribution >= 4 is 11.9 Å². The second kappa shape index (κ2) is 9.36. The third-order valence-corrected chi connectivity index (χ3v) is 4.74. The minimum Gasteiger partial charge on any atom is -0.466 e. The predicted molar refractivity (Wildman–Crippen MR) is 104 cm³/mol. The van der Waals surface area contributed by atoms with Gasteiger partial charge in [-0.2, -0.15) is 13.2 Å². The third kappa shape index (κ3) is 5.74. The lowest BCUT2D eigenvalue weighted by molar-refractivity contribution is -0.144. The molecule has 0 aliphatic heterocycles. The van der Waals surface area contributed by atoms with Crippen molar-refractivity contribution in [1.29, 1.82) is 0 Å². The summed E-state index contributed by atoms with van der Waals surface area (Å²) in [7, 11) is 0. The highest BCUT2D eigenvalue weighted by molar-refractivity contribution is 5.81. The number of nitrogens with one attached hydrogen (secondary N) is 1. The lowest BCUT2D eigenvalue weighted by atomic mass is 10.1. The van der Waals surface area contributed by atoms with Crippen LogP contribution in [-0.2, 0) is 27.0 Å². The minimum atomic E-state index is -4.50. The van der Waals surface area contributed by atoms with Crippen LogP contribution in [0, 0.1) is 0 Å². The first kappa shape index (κ1) is 22.6. The third-order valence-electron chi connectivity index (χ3n) is 4.74. The molecular formula is C20H23F3N4O4. The molecule has 31 heavy (non-hydrogen) atoms. The van der Waals surface area contributed by atoms with Crippen molar-refractivity contribution in [2.75, 3.05) is 13.2 Å². The Bertz CT molecular complexity index is 1010. The number of alkyl halides is 3. The number of halogens is 3. The zero-order chi connectivity index (χ0) is 22.6. The molecule has 0 saturated heterocycles. The van der Waals surface area contributed by atoms with Crippen molar-refractivity contribution in [2.24, 2.45) is 0 Å². The molecule has 11 heteroatoms. The summed E-state index contributed by atoms with van der Waals surface area (Å²) in [5.74, 6) is -0.671. The molecule has 1 saturated carbocycles. The molecule has 1 amide bonds. The number of amides is 1. The summed E-state index contributed by atoms with van der Waals surface area (Å²) in [6, 6.07) is 4.61. The number of ether oxygens (including phenoxy) is 1. The predicted octanol–water partition coefficient (Wildman–Crippen LogP) is 2.53. The molecule has 1 N–H and O–H groups in total. The number of esters is 1. The molecule has 1 aliphatic carbocycles. The largest absolute Gasteiger partial charge is 0.466 e. The number of hydrogen-bond donors (Lipinski definition) is 1. The molecule has 0 atom stereocenters. The first-order valence-corrected chi connectivity index (χ1v) is 10.00. The molecule has 8 nitrogen and oxygen atoms in total. The lowest BCUT2D eigenvalue weighted by Crippen LogP contribution is -2.32. The molecule has 1 aromatic carbocycles. The van der Waals surface area contributed by atoms with E-state index in [9.17, 15) is 27.6 Å². The van der Waals surface area contributed by atoms with Crippen molar-refractivity contribution in [3.8, 4) is 11.4 Å². The van der Waals surface area contributed by atoms with Gasteiger partial charge in [-0.05, 0) is 31.9 Å². The second-order valence-electron chi connectivity index (χ2n) is 7.16. The highest BCUT2D eigenvalue weighted by atomic mass is 19.4. The highest BCUT2D eigenvalue weighted by Crippen LogP contribution is 2.37. The summed E-state index contributed by atoms with van der Waals surface area (Å²) in [4.78, 5) is 35.9. The zero-order valence-corrected chi connectivity index (χ0v) is 16.9. The number of carbonyl (C=O) groups excluding carboxylic acids is 2. The Hall–Kier alpha value is -3.11. The van der Waals surface area contributed by atoms with E-state index in [2.05, 4.69) is 10.4 Å². The molecule has 0 bridgehead atoms. The molecular weight excluding hydrogens is 417 g/mol. The maximum Gasteiger partial charge on any atom is 0.416 e. The molecule has 3 rings (SSSR count). The molecule has 0 radical (unpaired) electrons. The summed E-state index contributed by atoms with van der Waals surface area (Å²) < 4.78 is 46.5. The Labute approximate surface area is 176 Å². The number of hydrogen-bond acceptors (Lipinski definition) is 5. The van der Waals surface area contributed by atoms with Gasteiger partial charge in [-0.15, -0.1) is 5.10 Å². The van der Waals surface area contributed by atoms with Gasteiger partial charge in [-0.1, -0.05) is 12.1 Å². The van der Waals surface area contributed by atoms with Gasteiger partial charge in [0.15, 0.2) is 5.82 Å². The standard InChI is InChI=1S/C20H23F3N4O4/c1-2-31-17(29)9-8-16(28)24-10-11-26-19(30)27(15-6-7-15)18(25-26)13-4-3-5-14(12-13)20(21,22)23/h3-5,12,15H,2,6-11H2,1H3,(H,24,28). The SMILES string of the molecule is CCOC(=O)CCC(=O)NCCn1nc(-c2cccc(C(F)(F)F)c2)n(C2CC2)c1=O. The molecule has 0 unspecified atom stereocenters. The molecule has 1 aromatic heterocycles. The van der Waals surface area contributed by atoms with Gasteiger partial charge >= 0.3 is 17.8 Å². The van der Waals surface area contributed by atoms with Crippen LogP contribution in [0.4, 0.5) is 13.2 Å². The number of aromatic nitrogens is 3. The van der Waals surface area contributed by atoms with E-state index in [1.807, 2.05) is 0 Å². The van der Waals surface area contributed by atoms with Gasteiger partial charge in [0.1, 0.15) is 0 Å². The van der Waals surface area contributed by atoms with E-state index in [0.717, 1.165) is 29.7 Å². The Kier molecular flexibility index (Phi) is 6.81. The van der Waals surface area contributed by atoms with Crippen LogP contribution >= 0.6 is 0 Å². The van der Waals surface area contributed by atoms with E-state index in [-0.39, 0.29) is 55.9 Å². The van der Waals surface area contributed by atoms with Crippen LogP contribution in [0.1, 0.15) is 44.2 Å². The van der Waals surface area contributed by atoms with E-state index < -0.39 is 23.4 Å². The number of benzene rings is 1. The molecule has 1 aliphatic rings. The van der Waals surface area contributed by atoms with Crippen molar-refractivity contribution in [2.45, 2.75) is 51.4 Å². The first-order valence-electron chi connectivity index (χ1n) is 10.00. The summed E-state index contributed by atoms with van der Waals surface area (Å²) >= 11 is 0. The van der Waals surface area contributed by atoms with E-state index in [4.69, 9.17) is 4.74 Å². The fourth-order valence-corrected chi connectivity index (χ4v) is 3.10. The van der Waals surface area contributed by atoms with Crippen LogP contribution in [0.2, 0.25) is 0 Å². The molecule has 1 fully saturated rings. The van der Waals surface area contributed by atoms with Crippen molar-refractivity contribution in [3.63, 3.8) is 0 Å². The smallest absolute Gasteiger partial charge is 0.416 e. The average molecular weight is 440 g/mol. The number of nitrogens with zero attached hydrogens (tertiary/aromatic N) is 3. The summed E-state index contributed by atoms with van der Waals surface area (Å²) in [5.41, 5.74) is -1.05. The molecule has 1 heterocycles. The summed E-state index contributed by atoms with van der Waals surface area (Å²) in [6.45, 7) is 2.05. The van der Waals surface area contributed by atoms with Crippen molar-refractivity contribution in [3.05, 3.63) is 40.3 Å². The van der Waals surface area contributed by atoms with Crippen LogP contribution in [-0.4, -0.2) is 39.4 Å². The number of rotatable bonds is 9. The molecule has 168 valence electrons. The van der Waals surface area contributed by atoms with Crippen LogP contribution < -0.4 is 11.0 Å². The van der Waals surface area contributed by atoms with Crippen molar-refractivity contribution < 1.29 is 27.5 Å². The molecule has 0 spiro atoms. The van der Waals surface area contributed by atoms with Gasteiger partial charge in [0.05, 0.1) is 25.1 Å².